The summed E-state index contributed by atoms with van der Waals surface area (Å²) in [6.07, 6.45) is 9.76. The summed E-state index contributed by atoms with van der Waals surface area (Å²) in [6.45, 7) is 3.76. The van der Waals surface area contributed by atoms with E-state index in [1.165, 1.54) is 19.3 Å². The summed E-state index contributed by atoms with van der Waals surface area (Å²) >= 11 is 0. The first kappa shape index (κ1) is 14.7. The van der Waals surface area contributed by atoms with Gasteiger partial charge < -0.3 is 5.32 Å². The molecule has 0 spiro atoms. The van der Waals surface area contributed by atoms with Gasteiger partial charge in [0, 0.05) is 0 Å². The van der Waals surface area contributed by atoms with E-state index in [0.29, 0.717) is 0 Å². The number of aromatic nitrogens is 2. The highest BCUT2D eigenvalue weighted by molar-refractivity contribution is 5.73. The number of para-hydroxylation sites is 2. The Morgan fingerprint density at radius 2 is 2.00 bits per heavy atom. The number of nitrogens with one attached hydrogen (secondary N) is 1. The van der Waals surface area contributed by atoms with Crippen molar-refractivity contribution in [3.8, 4) is 0 Å². The van der Waals surface area contributed by atoms with Crippen LogP contribution in [0.2, 0.25) is 0 Å². The van der Waals surface area contributed by atoms with Crippen LogP contribution < -0.4 is 5.32 Å². The van der Waals surface area contributed by atoms with Crippen LogP contribution in [-0.4, -0.2) is 17.0 Å². The molecule has 1 aromatic heterocycles. The van der Waals surface area contributed by atoms with Crippen molar-refractivity contribution in [3.63, 3.8) is 0 Å². The third-order valence-corrected chi connectivity index (χ3v) is 3.57. The Labute approximate surface area is 121 Å². The first-order chi connectivity index (χ1) is 9.85. The lowest BCUT2D eigenvalue weighted by Crippen LogP contribution is -2.18. The number of nitrogens with zero attached hydrogens (tertiary/aromatic N) is 2. The molecule has 3 heteroatoms. The van der Waals surface area contributed by atoms with Crippen LogP contribution in [0.25, 0.3) is 11.0 Å². The van der Waals surface area contributed by atoms with Crippen molar-refractivity contribution in [1.82, 2.24) is 15.3 Å². The Hall–Kier alpha value is -1.74. The van der Waals surface area contributed by atoms with Gasteiger partial charge in [-0.1, -0.05) is 31.1 Å². The summed E-state index contributed by atoms with van der Waals surface area (Å²) in [7, 11) is 1.99. The maximum atomic E-state index is 4.72. The standard InChI is InChI=1S/C17H23N3/c1-3-4-5-6-7-10-14(18-2)17-13-19-15-11-8-9-12-16(15)20-17/h3,8-9,11-14,18H,1,4-7,10H2,2H3. The second-order valence-corrected chi connectivity index (χ2v) is 5.05. The number of fused-ring (bicyclic) bond motifs is 1. The Bertz CT molecular complexity index is 551. The van der Waals surface area contributed by atoms with Crippen LogP contribution in [0.4, 0.5) is 0 Å². The first-order valence-corrected chi connectivity index (χ1v) is 7.35. The minimum absolute atomic E-state index is 0.288. The van der Waals surface area contributed by atoms with E-state index in [1.807, 2.05) is 43.6 Å². The van der Waals surface area contributed by atoms with Gasteiger partial charge in [-0.2, -0.15) is 0 Å². The molecule has 106 valence electrons. The SMILES string of the molecule is C=CCCCCCC(NC)c1cnc2ccccc2n1. The van der Waals surface area contributed by atoms with Gasteiger partial charge >= 0.3 is 0 Å². The fourth-order valence-corrected chi connectivity index (χ4v) is 2.39. The molecule has 1 unspecified atom stereocenters. The topological polar surface area (TPSA) is 37.8 Å². The van der Waals surface area contributed by atoms with Crippen molar-refractivity contribution in [3.05, 3.63) is 48.8 Å². The summed E-state index contributed by atoms with van der Waals surface area (Å²) in [5, 5.41) is 3.35. The quantitative estimate of drug-likeness (QED) is 0.581. The van der Waals surface area contributed by atoms with E-state index in [1.54, 1.807) is 0 Å². The number of rotatable bonds is 8. The molecule has 1 heterocycles. The summed E-state index contributed by atoms with van der Waals surface area (Å²) in [4.78, 5) is 9.21. The number of unbranched alkanes of at least 4 members (excludes halogenated alkanes) is 3. The summed E-state index contributed by atoms with van der Waals surface area (Å²) in [5.41, 5.74) is 2.96. The maximum Gasteiger partial charge on any atom is 0.0890 e. The van der Waals surface area contributed by atoms with Gasteiger partial charge in [-0.3, -0.25) is 4.98 Å². The minimum atomic E-state index is 0.288. The van der Waals surface area contributed by atoms with Crippen LogP contribution in [0, 0.1) is 0 Å². The fourth-order valence-electron chi connectivity index (χ4n) is 2.39. The second kappa shape index (κ2) is 7.75. The first-order valence-electron chi connectivity index (χ1n) is 7.35. The Kier molecular flexibility index (Phi) is 5.69. The van der Waals surface area contributed by atoms with Gasteiger partial charge in [-0.25, -0.2) is 4.98 Å². The van der Waals surface area contributed by atoms with Gasteiger partial charge in [0.25, 0.3) is 0 Å². The zero-order valence-electron chi connectivity index (χ0n) is 12.2. The monoisotopic (exact) mass is 269 g/mol. The van der Waals surface area contributed by atoms with Crippen molar-refractivity contribution >= 4 is 11.0 Å². The number of hydrogen-bond donors (Lipinski definition) is 1. The molecule has 0 radical (unpaired) electrons. The van der Waals surface area contributed by atoms with Crippen LogP contribution in [0.15, 0.2) is 43.1 Å². The van der Waals surface area contributed by atoms with E-state index in [-0.39, 0.29) is 6.04 Å². The van der Waals surface area contributed by atoms with Crippen LogP contribution in [0.1, 0.15) is 43.8 Å². The van der Waals surface area contributed by atoms with Crippen LogP contribution in [0.5, 0.6) is 0 Å². The third kappa shape index (κ3) is 3.87. The Balaban J connectivity index is 1.99. The maximum absolute atomic E-state index is 4.72. The number of allylic oxidation sites excluding steroid dienone is 1. The zero-order chi connectivity index (χ0) is 14.2. The third-order valence-electron chi connectivity index (χ3n) is 3.57. The van der Waals surface area contributed by atoms with Crippen LogP contribution in [0.3, 0.4) is 0 Å². The summed E-state index contributed by atoms with van der Waals surface area (Å²) in [6, 6.07) is 8.30. The lowest BCUT2D eigenvalue weighted by Gasteiger charge is -2.15. The van der Waals surface area contributed by atoms with E-state index in [2.05, 4.69) is 16.9 Å². The summed E-state index contributed by atoms with van der Waals surface area (Å²) in [5.74, 6) is 0. The smallest absolute Gasteiger partial charge is 0.0890 e. The van der Waals surface area contributed by atoms with Gasteiger partial charge in [0.05, 0.1) is 29.0 Å². The molecular weight excluding hydrogens is 246 g/mol. The van der Waals surface area contributed by atoms with Gasteiger partial charge in [-0.05, 0) is 38.4 Å². The van der Waals surface area contributed by atoms with Crippen LogP contribution >= 0.6 is 0 Å². The molecule has 0 amide bonds. The highest BCUT2D eigenvalue weighted by atomic mass is 14.9. The number of benzene rings is 1. The van der Waals surface area contributed by atoms with Crippen molar-refractivity contribution in [1.29, 1.82) is 0 Å². The Morgan fingerprint density at radius 1 is 1.20 bits per heavy atom. The highest BCUT2D eigenvalue weighted by Gasteiger charge is 2.11. The van der Waals surface area contributed by atoms with Crippen molar-refractivity contribution < 1.29 is 0 Å². The molecule has 0 aliphatic heterocycles. The Morgan fingerprint density at radius 3 is 2.75 bits per heavy atom. The van der Waals surface area contributed by atoms with Crippen molar-refractivity contribution in [2.24, 2.45) is 0 Å². The second-order valence-electron chi connectivity index (χ2n) is 5.05. The van der Waals surface area contributed by atoms with E-state index in [0.717, 1.165) is 29.6 Å². The van der Waals surface area contributed by atoms with Crippen molar-refractivity contribution in [2.45, 2.75) is 38.1 Å². The van der Waals surface area contributed by atoms with Gasteiger partial charge in [0.15, 0.2) is 0 Å². The molecule has 1 aromatic carbocycles. The molecule has 0 aliphatic carbocycles. The predicted octanol–water partition coefficient (Wildman–Crippen LogP) is 4.03. The average molecular weight is 269 g/mol. The normalized spacial score (nSPS) is 12.4. The van der Waals surface area contributed by atoms with Crippen molar-refractivity contribution in [2.75, 3.05) is 7.05 Å². The molecule has 0 aliphatic rings. The molecule has 20 heavy (non-hydrogen) atoms. The molecule has 2 aromatic rings. The average Bonchev–Trinajstić information content (AvgIpc) is 2.50. The lowest BCUT2D eigenvalue weighted by molar-refractivity contribution is 0.498. The highest BCUT2D eigenvalue weighted by Crippen LogP contribution is 2.19. The molecule has 0 saturated carbocycles. The van der Waals surface area contributed by atoms with E-state index < -0.39 is 0 Å². The molecule has 1 atom stereocenters. The van der Waals surface area contributed by atoms with Gasteiger partial charge in [0.1, 0.15) is 0 Å². The zero-order valence-corrected chi connectivity index (χ0v) is 12.2. The molecule has 0 bridgehead atoms. The van der Waals surface area contributed by atoms with Gasteiger partial charge in [0.2, 0.25) is 0 Å². The molecule has 0 saturated heterocycles. The molecule has 1 N–H and O–H groups in total. The molecular formula is C17H23N3. The van der Waals surface area contributed by atoms with Crippen LogP contribution in [-0.2, 0) is 0 Å². The fraction of sp³-hybridized carbons (Fsp3) is 0.412. The summed E-state index contributed by atoms with van der Waals surface area (Å²) < 4.78 is 0. The lowest BCUT2D eigenvalue weighted by atomic mass is 10.0. The number of hydrogen-bond acceptors (Lipinski definition) is 3. The molecule has 2 rings (SSSR count). The van der Waals surface area contributed by atoms with Gasteiger partial charge in [-0.15, -0.1) is 6.58 Å². The van der Waals surface area contributed by atoms with E-state index in [9.17, 15) is 0 Å². The van der Waals surface area contributed by atoms with E-state index >= 15 is 0 Å². The minimum Gasteiger partial charge on any atom is -0.312 e. The predicted molar refractivity (Wildman–Crippen MR) is 84.6 cm³/mol. The molecule has 3 nitrogen and oxygen atoms in total. The van der Waals surface area contributed by atoms with E-state index in [4.69, 9.17) is 4.98 Å². The molecule has 0 fully saturated rings. The largest absolute Gasteiger partial charge is 0.312 e.